The van der Waals surface area contributed by atoms with Crippen molar-refractivity contribution < 1.29 is 9.69 Å². The van der Waals surface area contributed by atoms with Crippen LogP contribution in [0, 0.1) is 6.92 Å². The highest BCUT2D eigenvalue weighted by molar-refractivity contribution is 6.12. The summed E-state index contributed by atoms with van der Waals surface area (Å²) >= 11 is 0. The summed E-state index contributed by atoms with van der Waals surface area (Å²) in [6.45, 7) is 6.77. The quantitative estimate of drug-likeness (QED) is 0.314. The van der Waals surface area contributed by atoms with Gasteiger partial charge in [0.05, 0.1) is 38.7 Å². The van der Waals surface area contributed by atoms with E-state index in [9.17, 15) is 4.79 Å². The number of nitrogens with one attached hydrogen (secondary N) is 3. The number of fused-ring (bicyclic) bond motifs is 3. The number of hydrogen-bond acceptors (Lipinski definition) is 7. The van der Waals surface area contributed by atoms with Gasteiger partial charge >= 0.3 is 0 Å². The summed E-state index contributed by atoms with van der Waals surface area (Å²) in [5, 5.41) is 12.5. The molecule has 1 amide bonds. The molecule has 198 valence electrons. The van der Waals surface area contributed by atoms with E-state index in [2.05, 4.69) is 61.9 Å². The number of benzene rings is 2. The predicted octanol–water partition coefficient (Wildman–Crippen LogP) is 2.23. The van der Waals surface area contributed by atoms with Gasteiger partial charge in [0.15, 0.2) is 5.69 Å². The number of aromatic nitrogens is 5. The third kappa shape index (κ3) is 5.10. The van der Waals surface area contributed by atoms with E-state index in [4.69, 9.17) is 4.98 Å². The number of hydrogen-bond donors (Lipinski definition) is 3. The van der Waals surface area contributed by atoms with E-state index in [0.717, 1.165) is 64.9 Å². The highest BCUT2D eigenvalue weighted by Gasteiger charge is 2.19. The smallest absolute Gasteiger partial charge is 0.272 e. The fourth-order valence-corrected chi connectivity index (χ4v) is 5.09. The van der Waals surface area contributed by atoms with Crippen LogP contribution in [0.5, 0.6) is 0 Å². The highest BCUT2D eigenvalue weighted by atomic mass is 16.1. The molecule has 10 heteroatoms. The molecule has 10 nitrogen and oxygen atoms in total. The molecule has 0 unspecified atom stereocenters. The van der Waals surface area contributed by atoms with Gasteiger partial charge in [0.25, 0.3) is 5.91 Å². The molecule has 0 spiro atoms. The Bertz CT molecular complexity index is 1650. The van der Waals surface area contributed by atoms with E-state index >= 15 is 0 Å². The van der Waals surface area contributed by atoms with Gasteiger partial charge in [0.1, 0.15) is 5.52 Å². The molecule has 3 N–H and O–H groups in total. The number of likely N-dealkylation sites (N-methyl/N-ethyl adjacent to an activating group) is 1. The first-order valence-electron chi connectivity index (χ1n) is 13.2. The maximum Gasteiger partial charge on any atom is 0.272 e. The third-order valence-corrected chi connectivity index (χ3v) is 7.29. The average Bonchev–Trinajstić information content (AvgIpc) is 3.29. The molecule has 4 heterocycles. The molecule has 6 rings (SSSR count). The van der Waals surface area contributed by atoms with Crippen molar-refractivity contribution in [2.75, 3.05) is 43.4 Å². The average molecular weight is 523 g/mol. The van der Waals surface area contributed by atoms with Gasteiger partial charge in [-0.05, 0) is 55.0 Å². The van der Waals surface area contributed by atoms with E-state index in [-0.39, 0.29) is 5.91 Å². The lowest BCUT2D eigenvalue weighted by Crippen LogP contribution is -3.12. The Hall–Kier alpha value is -4.57. The van der Waals surface area contributed by atoms with Gasteiger partial charge in [0.2, 0.25) is 5.95 Å². The molecule has 0 atom stereocenters. The van der Waals surface area contributed by atoms with Crippen molar-refractivity contribution in [3.05, 3.63) is 77.9 Å². The van der Waals surface area contributed by atoms with Gasteiger partial charge in [-0.15, -0.1) is 0 Å². The fourth-order valence-electron chi connectivity index (χ4n) is 5.09. The monoisotopic (exact) mass is 522 g/mol. The topological polar surface area (TPSA) is 105 Å². The van der Waals surface area contributed by atoms with Crippen LogP contribution in [-0.2, 0) is 13.6 Å². The Morgan fingerprint density at radius 1 is 1.05 bits per heavy atom. The number of piperazine rings is 1. The zero-order chi connectivity index (χ0) is 26.9. The van der Waals surface area contributed by atoms with E-state index in [1.54, 1.807) is 22.0 Å². The van der Waals surface area contributed by atoms with Gasteiger partial charge in [-0.2, -0.15) is 5.10 Å². The van der Waals surface area contributed by atoms with Crippen LogP contribution in [-0.4, -0.2) is 63.9 Å². The molecule has 0 bridgehead atoms. The summed E-state index contributed by atoms with van der Waals surface area (Å²) in [5.41, 5.74) is 5.94. The van der Waals surface area contributed by atoms with E-state index in [1.807, 2.05) is 38.2 Å². The molecule has 5 aromatic rings. The Kier molecular flexibility index (Phi) is 6.54. The molecular formula is C29H32N9O+. The van der Waals surface area contributed by atoms with Crippen LogP contribution >= 0.6 is 0 Å². The first-order valence-corrected chi connectivity index (χ1v) is 13.2. The molecule has 1 saturated heterocycles. The van der Waals surface area contributed by atoms with Crippen molar-refractivity contribution >= 4 is 45.0 Å². The number of anilines is 3. The maximum atomic E-state index is 13.1. The minimum atomic E-state index is -0.233. The SMILES string of the molecule is Cc1cc(CNC(=O)c2nn(C)c3c2ccc2cnc(Nc4ccc(N5CC[NH+](C)CC5)cc4)nc23)ccn1. The number of nitrogens with zero attached hydrogens (tertiary/aromatic N) is 6. The summed E-state index contributed by atoms with van der Waals surface area (Å²) in [4.78, 5) is 30.6. The number of carbonyl (C=O) groups excluding carboxylic acids is 1. The third-order valence-electron chi connectivity index (χ3n) is 7.29. The zero-order valence-corrected chi connectivity index (χ0v) is 22.4. The molecule has 2 aromatic carbocycles. The number of aryl methyl sites for hydroxylation is 2. The van der Waals surface area contributed by atoms with Crippen LogP contribution < -0.4 is 20.4 Å². The van der Waals surface area contributed by atoms with Crippen molar-refractivity contribution in [3.63, 3.8) is 0 Å². The zero-order valence-electron chi connectivity index (χ0n) is 22.4. The van der Waals surface area contributed by atoms with Gasteiger partial charge < -0.3 is 20.4 Å². The summed E-state index contributed by atoms with van der Waals surface area (Å²) < 4.78 is 1.71. The van der Waals surface area contributed by atoms with E-state index in [1.165, 1.54) is 5.69 Å². The summed E-state index contributed by atoms with van der Waals surface area (Å²) in [6.07, 6.45) is 3.54. The molecule has 0 saturated carbocycles. The number of carbonyl (C=O) groups is 1. The molecule has 3 aromatic heterocycles. The minimum Gasteiger partial charge on any atom is -0.360 e. The number of quaternary nitrogens is 1. The lowest BCUT2D eigenvalue weighted by Gasteiger charge is -2.31. The largest absolute Gasteiger partial charge is 0.360 e. The molecule has 1 aliphatic heterocycles. The van der Waals surface area contributed by atoms with Crippen LogP contribution in [0.1, 0.15) is 21.7 Å². The summed E-state index contributed by atoms with van der Waals surface area (Å²) in [5.74, 6) is 0.259. The maximum absolute atomic E-state index is 13.1. The van der Waals surface area contributed by atoms with Crippen LogP contribution in [0.3, 0.4) is 0 Å². The van der Waals surface area contributed by atoms with Gasteiger partial charge in [-0.3, -0.25) is 14.5 Å². The normalized spacial score (nSPS) is 14.2. The standard InChI is InChI=1S/C29H31N9O/c1-19-16-20(10-11-30-19)17-31-28(39)26-24-9-4-21-18-32-29(34-25(21)27(24)37(3)35-26)33-22-5-7-23(8-6-22)38-14-12-36(2)13-15-38/h4-11,16,18H,12-15,17H2,1-3H3,(H,31,39)(H,32,33,34)/p+1. The molecular weight excluding hydrogens is 490 g/mol. The van der Waals surface area contributed by atoms with Gasteiger partial charge in [0, 0.05) is 53.8 Å². The fraction of sp³-hybridized carbons (Fsp3) is 0.276. The molecule has 1 aliphatic rings. The molecule has 39 heavy (non-hydrogen) atoms. The van der Waals surface area contributed by atoms with E-state index < -0.39 is 0 Å². The van der Waals surface area contributed by atoms with Crippen LogP contribution in [0.25, 0.3) is 21.8 Å². The number of rotatable bonds is 6. The summed E-state index contributed by atoms with van der Waals surface area (Å²) in [7, 11) is 4.08. The predicted molar refractivity (Wildman–Crippen MR) is 153 cm³/mol. The van der Waals surface area contributed by atoms with Crippen LogP contribution in [0.4, 0.5) is 17.3 Å². The van der Waals surface area contributed by atoms with Crippen LogP contribution in [0.2, 0.25) is 0 Å². The Morgan fingerprint density at radius 3 is 2.62 bits per heavy atom. The Balaban J connectivity index is 1.23. The Labute approximate surface area is 226 Å². The van der Waals surface area contributed by atoms with Crippen molar-refractivity contribution in [3.8, 4) is 0 Å². The van der Waals surface area contributed by atoms with Gasteiger partial charge in [-0.25, -0.2) is 9.97 Å². The minimum absolute atomic E-state index is 0.233. The molecule has 0 radical (unpaired) electrons. The van der Waals surface area contributed by atoms with Crippen molar-refractivity contribution in [1.82, 2.24) is 30.0 Å². The number of amides is 1. The second-order valence-corrected chi connectivity index (χ2v) is 10.2. The number of pyridine rings is 1. The first kappa shape index (κ1) is 24.7. The lowest BCUT2D eigenvalue weighted by atomic mass is 10.1. The van der Waals surface area contributed by atoms with Crippen LogP contribution in [0.15, 0.2) is 60.9 Å². The Morgan fingerprint density at radius 2 is 1.85 bits per heavy atom. The molecule has 0 aliphatic carbocycles. The van der Waals surface area contributed by atoms with Gasteiger partial charge in [-0.1, -0.05) is 6.07 Å². The second-order valence-electron chi connectivity index (χ2n) is 10.2. The first-order chi connectivity index (χ1) is 18.9. The van der Waals surface area contributed by atoms with Crippen molar-refractivity contribution in [1.29, 1.82) is 0 Å². The highest BCUT2D eigenvalue weighted by Crippen LogP contribution is 2.27. The molecule has 1 fully saturated rings. The summed E-state index contributed by atoms with van der Waals surface area (Å²) in [6, 6.07) is 16.1. The van der Waals surface area contributed by atoms with Crippen molar-refractivity contribution in [2.24, 2.45) is 7.05 Å². The van der Waals surface area contributed by atoms with Crippen molar-refractivity contribution in [2.45, 2.75) is 13.5 Å². The lowest BCUT2D eigenvalue weighted by molar-refractivity contribution is -0.880. The second kappa shape index (κ2) is 10.3. The van der Waals surface area contributed by atoms with E-state index in [0.29, 0.717) is 18.2 Å².